The highest BCUT2D eigenvalue weighted by atomic mass is 16.5. The summed E-state index contributed by atoms with van der Waals surface area (Å²) >= 11 is 0. The van der Waals surface area contributed by atoms with E-state index < -0.39 is 12.2 Å². The zero-order valence-electron chi connectivity index (χ0n) is 24.5. The first-order chi connectivity index (χ1) is 17.9. The van der Waals surface area contributed by atoms with Gasteiger partial charge in [0.05, 0.1) is 12.2 Å². The minimum atomic E-state index is -0.605. The predicted octanol–water partition coefficient (Wildman–Crippen LogP) is 5.08. The Bertz CT molecular complexity index is 914. The molecule has 0 aromatic heterocycles. The number of rotatable bonds is 9. The maximum absolute atomic E-state index is 13.8. The molecule has 6 nitrogen and oxygen atoms in total. The van der Waals surface area contributed by atoms with Crippen LogP contribution in [0.2, 0.25) is 0 Å². The molecule has 4 rings (SSSR count). The fourth-order valence-corrected chi connectivity index (χ4v) is 9.56. The molecule has 0 unspecified atom stereocenters. The van der Waals surface area contributed by atoms with Crippen LogP contribution in [-0.2, 0) is 14.3 Å². The van der Waals surface area contributed by atoms with Crippen molar-refractivity contribution in [1.82, 2.24) is 0 Å². The number of carbonyl (C=O) groups excluding carboxylic acids is 2. The second-order valence-corrected chi connectivity index (χ2v) is 13.8. The van der Waals surface area contributed by atoms with Crippen LogP contribution in [0, 0.1) is 52.3 Å². The molecule has 0 saturated heterocycles. The molecular formula is C32H52O6. The Balaban J connectivity index is 1.57. The van der Waals surface area contributed by atoms with Gasteiger partial charge in [-0.25, -0.2) is 0 Å². The topological polar surface area (TPSA) is 104 Å². The molecular weight excluding hydrogens is 480 g/mol. The van der Waals surface area contributed by atoms with Crippen LogP contribution < -0.4 is 0 Å². The maximum Gasteiger partial charge on any atom is 0.305 e. The number of ketones is 1. The second kappa shape index (κ2) is 11.3. The lowest BCUT2D eigenvalue weighted by Gasteiger charge is -2.59. The van der Waals surface area contributed by atoms with Crippen molar-refractivity contribution in [2.24, 2.45) is 52.3 Å². The van der Waals surface area contributed by atoms with E-state index in [0.717, 1.165) is 37.7 Å². The van der Waals surface area contributed by atoms with E-state index in [9.17, 15) is 24.9 Å². The lowest BCUT2D eigenvalue weighted by molar-refractivity contribution is -0.164. The molecule has 0 radical (unpaired) electrons. The standard InChI is InChI=1S/C32H52O6/c1-7-20(19(4)17-33)10-9-18(3)23-15-25(35)29-28-24(34)14-21-13-22(38-27(37)8-2)11-12-31(21,5)30(28)26(36)16-32(23,29)6/h14,18-20,22-23,25-26,28-30,33,35-36H,7-13,15-17H2,1-6H3/t18-,19-,20-,22+,23-,25-,26-,28+,29+,30-,31+,32-/m1/s1. The van der Waals surface area contributed by atoms with Gasteiger partial charge in [-0.2, -0.15) is 0 Å². The molecule has 3 N–H and O–H groups in total. The van der Waals surface area contributed by atoms with Gasteiger partial charge < -0.3 is 20.1 Å². The summed E-state index contributed by atoms with van der Waals surface area (Å²) in [6.45, 7) is 13.0. The van der Waals surface area contributed by atoms with Gasteiger partial charge in [0.25, 0.3) is 0 Å². The molecule has 4 aliphatic rings. The number of ether oxygens (including phenoxy) is 1. The zero-order chi connectivity index (χ0) is 28.0. The molecule has 0 heterocycles. The van der Waals surface area contributed by atoms with Crippen LogP contribution in [0.1, 0.15) is 99.3 Å². The Hall–Kier alpha value is -1.24. The van der Waals surface area contributed by atoms with Gasteiger partial charge in [-0.1, -0.05) is 60.0 Å². The minimum absolute atomic E-state index is 0.0371. The summed E-state index contributed by atoms with van der Waals surface area (Å²) in [5.41, 5.74) is 0.384. The summed E-state index contributed by atoms with van der Waals surface area (Å²) in [4.78, 5) is 25.7. The van der Waals surface area contributed by atoms with E-state index in [-0.39, 0.29) is 64.9 Å². The van der Waals surface area contributed by atoms with E-state index in [1.165, 1.54) is 0 Å². The molecule has 0 aliphatic heterocycles. The van der Waals surface area contributed by atoms with Crippen LogP contribution in [0.3, 0.4) is 0 Å². The number of carbonyl (C=O) groups is 2. The maximum atomic E-state index is 13.8. The Morgan fingerprint density at radius 2 is 1.84 bits per heavy atom. The molecule has 38 heavy (non-hydrogen) atoms. The molecule has 4 aliphatic carbocycles. The Kier molecular flexibility index (Phi) is 8.86. The van der Waals surface area contributed by atoms with Crippen molar-refractivity contribution in [2.45, 2.75) is 118 Å². The normalized spacial score (nSPS) is 42.8. The monoisotopic (exact) mass is 532 g/mol. The van der Waals surface area contributed by atoms with Crippen molar-refractivity contribution < 1.29 is 29.6 Å². The summed E-state index contributed by atoms with van der Waals surface area (Å²) in [5.74, 6) is 0.458. The molecule has 0 amide bonds. The van der Waals surface area contributed by atoms with Crippen molar-refractivity contribution in [3.05, 3.63) is 11.6 Å². The lowest BCUT2D eigenvalue weighted by Crippen LogP contribution is -2.60. The van der Waals surface area contributed by atoms with Gasteiger partial charge in [-0.15, -0.1) is 0 Å². The lowest BCUT2D eigenvalue weighted by atomic mass is 9.45. The number of aliphatic hydroxyl groups is 3. The van der Waals surface area contributed by atoms with Crippen molar-refractivity contribution in [1.29, 1.82) is 0 Å². The highest BCUT2D eigenvalue weighted by molar-refractivity contribution is 5.94. The summed E-state index contributed by atoms with van der Waals surface area (Å²) in [5, 5.41) is 32.9. The average Bonchev–Trinajstić information content (AvgIpc) is 3.14. The fraction of sp³-hybridized carbons (Fsp3) is 0.875. The van der Waals surface area contributed by atoms with Crippen LogP contribution in [-0.4, -0.2) is 52.0 Å². The smallest absolute Gasteiger partial charge is 0.305 e. The molecule has 0 spiro atoms. The zero-order valence-corrected chi connectivity index (χ0v) is 24.5. The van der Waals surface area contributed by atoms with E-state index in [1.807, 2.05) is 0 Å². The Morgan fingerprint density at radius 3 is 2.47 bits per heavy atom. The van der Waals surface area contributed by atoms with E-state index in [0.29, 0.717) is 37.5 Å². The highest BCUT2D eigenvalue weighted by Crippen LogP contribution is 2.66. The van der Waals surface area contributed by atoms with Crippen LogP contribution >= 0.6 is 0 Å². The van der Waals surface area contributed by atoms with E-state index >= 15 is 0 Å². The average molecular weight is 533 g/mol. The molecule has 0 bridgehead atoms. The first-order valence-electron chi connectivity index (χ1n) is 15.3. The molecule has 3 saturated carbocycles. The number of hydrogen-bond acceptors (Lipinski definition) is 6. The SMILES string of the molecule is CCC(=O)O[C@H]1CC[C@@]2(C)C(=CC(=O)[C@H]3[C@@H]4[C@H](O)C[C@H]([C@H](C)CC[C@@H](CC)[C@H](C)CO)[C@@]4(C)C[C@@H](O)[C@H]32)C1. The van der Waals surface area contributed by atoms with Gasteiger partial charge in [0, 0.05) is 37.2 Å². The van der Waals surface area contributed by atoms with Gasteiger partial charge in [0.1, 0.15) is 6.10 Å². The third-order valence-corrected chi connectivity index (χ3v) is 11.8. The summed E-state index contributed by atoms with van der Waals surface area (Å²) in [6.07, 6.45) is 7.24. The second-order valence-electron chi connectivity index (χ2n) is 13.8. The molecule has 12 atom stereocenters. The molecule has 0 aromatic rings. The van der Waals surface area contributed by atoms with Crippen LogP contribution in [0.4, 0.5) is 0 Å². The van der Waals surface area contributed by atoms with Gasteiger partial charge in [0.2, 0.25) is 0 Å². The summed E-state index contributed by atoms with van der Waals surface area (Å²) in [6, 6.07) is 0. The first-order valence-corrected chi connectivity index (χ1v) is 15.3. The van der Waals surface area contributed by atoms with Crippen LogP contribution in [0.25, 0.3) is 0 Å². The van der Waals surface area contributed by atoms with Crippen LogP contribution in [0.15, 0.2) is 11.6 Å². The van der Waals surface area contributed by atoms with Crippen molar-refractivity contribution in [2.75, 3.05) is 6.61 Å². The van der Waals surface area contributed by atoms with Crippen molar-refractivity contribution >= 4 is 11.8 Å². The quantitative estimate of drug-likeness (QED) is 0.358. The highest BCUT2D eigenvalue weighted by Gasteiger charge is 2.66. The fourth-order valence-electron chi connectivity index (χ4n) is 9.56. The first kappa shape index (κ1) is 29.7. The number of hydrogen-bond donors (Lipinski definition) is 3. The van der Waals surface area contributed by atoms with Gasteiger partial charge in [-0.05, 0) is 72.7 Å². The van der Waals surface area contributed by atoms with Crippen LogP contribution in [0.5, 0.6) is 0 Å². The molecule has 6 heteroatoms. The van der Waals surface area contributed by atoms with Crippen molar-refractivity contribution in [3.63, 3.8) is 0 Å². The van der Waals surface area contributed by atoms with Gasteiger partial charge in [-0.3, -0.25) is 9.59 Å². The third kappa shape index (κ3) is 5.03. The molecule has 216 valence electrons. The predicted molar refractivity (Wildman–Crippen MR) is 147 cm³/mol. The number of aliphatic hydroxyl groups excluding tert-OH is 3. The number of allylic oxidation sites excluding steroid dienone is 1. The van der Waals surface area contributed by atoms with E-state index in [1.54, 1.807) is 13.0 Å². The van der Waals surface area contributed by atoms with E-state index in [4.69, 9.17) is 4.74 Å². The molecule has 3 fully saturated rings. The summed E-state index contributed by atoms with van der Waals surface area (Å²) < 4.78 is 5.64. The van der Waals surface area contributed by atoms with Gasteiger partial charge >= 0.3 is 5.97 Å². The number of esters is 1. The van der Waals surface area contributed by atoms with Gasteiger partial charge in [0.15, 0.2) is 5.78 Å². The Morgan fingerprint density at radius 1 is 1.13 bits per heavy atom. The largest absolute Gasteiger partial charge is 0.462 e. The Labute approximate surface area is 229 Å². The minimum Gasteiger partial charge on any atom is -0.462 e. The number of fused-ring (bicyclic) bond motifs is 5. The molecule has 0 aromatic carbocycles. The van der Waals surface area contributed by atoms with E-state index in [2.05, 4.69) is 34.6 Å². The third-order valence-electron chi connectivity index (χ3n) is 11.8. The summed E-state index contributed by atoms with van der Waals surface area (Å²) in [7, 11) is 0. The van der Waals surface area contributed by atoms with Crippen molar-refractivity contribution in [3.8, 4) is 0 Å².